The quantitative estimate of drug-likeness (QED) is 0.711. The lowest BCUT2D eigenvalue weighted by atomic mass is 10.1. The number of hydrogen-bond donors (Lipinski definition) is 2. The summed E-state index contributed by atoms with van der Waals surface area (Å²) in [5.74, 6) is 0. The molecule has 1 heterocycles. The average molecular weight is 167 g/mol. The molecule has 0 radical (unpaired) electrons. The second-order valence-electron chi connectivity index (χ2n) is 3.05. The van der Waals surface area contributed by atoms with Crippen LogP contribution in [0.5, 0.6) is 0 Å². The number of H-pyrrole nitrogens is 1. The fraction of sp³-hybridized carbons (Fsp3) is 0.667. The van der Waals surface area contributed by atoms with Gasteiger partial charge in [-0.05, 0) is 20.4 Å². The van der Waals surface area contributed by atoms with Gasteiger partial charge in [-0.1, -0.05) is 13.3 Å². The number of aromatic nitrogens is 2. The van der Waals surface area contributed by atoms with Crippen molar-refractivity contribution in [3.8, 4) is 0 Å². The molecule has 1 aromatic rings. The van der Waals surface area contributed by atoms with Crippen molar-refractivity contribution in [2.45, 2.75) is 33.2 Å². The monoisotopic (exact) mass is 167 g/mol. The predicted octanol–water partition coefficient (Wildman–Crippen LogP) is 1.39. The number of hydrogen-bond acceptors (Lipinski definition) is 2. The summed E-state index contributed by atoms with van der Waals surface area (Å²) in [7, 11) is 1.96. The maximum atomic E-state index is 4.26. The molecule has 1 rings (SSSR count). The molecule has 0 spiro atoms. The highest BCUT2D eigenvalue weighted by Gasteiger charge is 2.07. The normalized spacial score (nSPS) is 10.6. The fourth-order valence-corrected chi connectivity index (χ4v) is 1.36. The van der Waals surface area contributed by atoms with Crippen LogP contribution in [-0.2, 0) is 13.0 Å². The van der Waals surface area contributed by atoms with Crippen molar-refractivity contribution in [2.75, 3.05) is 7.05 Å². The molecule has 3 heteroatoms. The van der Waals surface area contributed by atoms with Crippen molar-refractivity contribution >= 4 is 0 Å². The van der Waals surface area contributed by atoms with E-state index in [9.17, 15) is 0 Å². The van der Waals surface area contributed by atoms with Crippen LogP contribution in [0.25, 0.3) is 0 Å². The number of aryl methyl sites for hydroxylation is 2. The minimum Gasteiger partial charge on any atom is -0.316 e. The molecule has 0 aliphatic heterocycles. The van der Waals surface area contributed by atoms with Crippen molar-refractivity contribution in [3.63, 3.8) is 0 Å². The van der Waals surface area contributed by atoms with Crippen LogP contribution in [0.3, 0.4) is 0 Å². The van der Waals surface area contributed by atoms with E-state index < -0.39 is 0 Å². The van der Waals surface area contributed by atoms with Gasteiger partial charge in [-0.2, -0.15) is 5.10 Å². The maximum absolute atomic E-state index is 4.26. The molecular formula is C9H17N3. The number of aromatic amines is 1. The van der Waals surface area contributed by atoms with E-state index in [0.717, 1.165) is 19.4 Å². The van der Waals surface area contributed by atoms with Crippen LogP contribution in [0.1, 0.15) is 30.3 Å². The van der Waals surface area contributed by atoms with E-state index in [4.69, 9.17) is 0 Å². The lowest BCUT2D eigenvalue weighted by molar-refractivity contribution is 0.785. The van der Waals surface area contributed by atoms with Gasteiger partial charge in [-0.15, -0.1) is 0 Å². The minimum atomic E-state index is 0.914. The first-order chi connectivity index (χ1) is 5.79. The highest BCUT2D eigenvalue weighted by molar-refractivity contribution is 5.24. The second kappa shape index (κ2) is 4.26. The summed E-state index contributed by atoms with van der Waals surface area (Å²) in [6.45, 7) is 5.16. The molecule has 0 aliphatic rings. The smallest absolute Gasteiger partial charge is 0.0669 e. The summed E-state index contributed by atoms with van der Waals surface area (Å²) in [6.07, 6.45) is 2.22. The van der Waals surface area contributed by atoms with Crippen LogP contribution in [-0.4, -0.2) is 17.2 Å². The van der Waals surface area contributed by atoms with Gasteiger partial charge < -0.3 is 5.32 Å². The van der Waals surface area contributed by atoms with Crippen molar-refractivity contribution in [2.24, 2.45) is 0 Å². The van der Waals surface area contributed by atoms with Gasteiger partial charge in [0.2, 0.25) is 0 Å². The van der Waals surface area contributed by atoms with E-state index in [1.165, 1.54) is 17.0 Å². The first-order valence-electron chi connectivity index (χ1n) is 4.46. The van der Waals surface area contributed by atoms with Gasteiger partial charge in [0.05, 0.1) is 5.69 Å². The van der Waals surface area contributed by atoms with Crippen molar-refractivity contribution in [1.29, 1.82) is 0 Å². The van der Waals surface area contributed by atoms with E-state index in [1.54, 1.807) is 0 Å². The van der Waals surface area contributed by atoms with Gasteiger partial charge in [0, 0.05) is 17.8 Å². The van der Waals surface area contributed by atoms with E-state index in [1.807, 2.05) is 7.05 Å². The molecule has 0 amide bonds. The first kappa shape index (κ1) is 9.26. The van der Waals surface area contributed by atoms with E-state index >= 15 is 0 Å². The second-order valence-corrected chi connectivity index (χ2v) is 3.05. The van der Waals surface area contributed by atoms with Crippen molar-refractivity contribution in [1.82, 2.24) is 15.5 Å². The Morgan fingerprint density at radius 1 is 1.50 bits per heavy atom. The highest BCUT2D eigenvalue weighted by atomic mass is 15.1. The Bertz CT molecular complexity index is 240. The standard InChI is InChI=1S/C9H17N3/c1-4-5-9-8(6-10-3)7(2)11-12-9/h10H,4-6H2,1-3H3,(H,11,12). The average Bonchev–Trinajstić information content (AvgIpc) is 2.37. The summed E-state index contributed by atoms with van der Waals surface area (Å²) in [4.78, 5) is 0. The number of nitrogens with zero attached hydrogens (tertiary/aromatic N) is 1. The van der Waals surface area contributed by atoms with Crippen LogP contribution in [0.2, 0.25) is 0 Å². The SMILES string of the molecule is CCCc1n[nH]c(C)c1CNC. The van der Waals surface area contributed by atoms with Gasteiger partial charge in [0.1, 0.15) is 0 Å². The summed E-state index contributed by atoms with van der Waals surface area (Å²) < 4.78 is 0. The Kier molecular flexibility index (Phi) is 3.29. The molecule has 0 fully saturated rings. The van der Waals surface area contributed by atoms with Gasteiger partial charge in [-0.25, -0.2) is 0 Å². The third-order valence-electron chi connectivity index (χ3n) is 2.00. The zero-order valence-corrected chi connectivity index (χ0v) is 8.07. The van der Waals surface area contributed by atoms with Crippen LogP contribution >= 0.6 is 0 Å². The molecule has 0 saturated carbocycles. The number of rotatable bonds is 4. The van der Waals surface area contributed by atoms with E-state index in [2.05, 4.69) is 29.4 Å². The topological polar surface area (TPSA) is 40.7 Å². The Hall–Kier alpha value is -0.830. The Balaban J connectivity index is 2.80. The third kappa shape index (κ3) is 1.85. The minimum absolute atomic E-state index is 0.914. The Labute approximate surface area is 73.6 Å². The molecule has 0 bridgehead atoms. The molecule has 68 valence electrons. The molecule has 0 aromatic carbocycles. The molecule has 3 nitrogen and oxygen atoms in total. The van der Waals surface area contributed by atoms with Gasteiger partial charge in [0.15, 0.2) is 0 Å². The zero-order valence-electron chi connectivity index (χ0n) is 8.07. The van der Waals surface area contributed by atoms with Crippen LogP contribution in [0.4, 0.5) is 0 Å². The first-order valence-corrected chi connectivity index (χ1v) is 4.46. The Morgan fingerprint density at radius 3 is 2.83 bits per heavy atom. The Morgan fingerprint density at radius 2 is 2.25 bits per heavy atom. The fourth-order valence-electron chi connectivity index (χ4n) is 1.36. The highest BCUT2D eigenvalue weighted by Crippen LogP contribution is 2.11. The lowest BCUT2D eigenvalue weighted by Gasteiger charge is -2.00. The largest absolute Gasteiger partial charge is 0.316 e. The summed E-state index contributed by atoms with van der Waals surface area (Å²) in [6, 6.07) is 0. The molecule has 2 N–H and O–H groups in total. The molecule has 0 unspecified atom stereocenters. The van der Waals surface area contributed by atoms with Gasteiger partial charge in [-0.3, -0.25) is 5.10 Å². The number of nitrogens with one attached hydrogen (secondary N) is 2. The molecule has 0 atom stereocenters. The predicted molar refractivity (Wildman–Crippen MR) is 50.1 cm³/mol. The molecule has 12 heavy (non-hydrogen) atoms. The summed E-state index contributed by atoms with van der Waals surface area (Å²) >= 11 is 0. The molecule has 0 saturated heterocycles. The lowest BCUT2D eigenvalue weighted by Crippen LogP contribution is -2.07. The van der Waals surface area contributed by atoms with Gasteiger partial charge >= 0.3 is 0 Å². The third-order valence-corrected chi connectivity index (χ3v) is 2.00. The van der Waals surface area contributed by atoms with E-state index in [0.29, 0.717) is 0 Å². The van der Waals surface area contributed by atoms with Crippen molar-refractivity contribution in [3.05, 3.63) is 17.0 Å². The summed E-state index contributed by atoms with van der Waals surface area (Å²) in [5, 5.41) is 10.4. The maximum Gasteiger partial charge on any atom is 0.0669 e. The zero-order chi connectivity index (χ0) is 8.97. The molecular weight excluding hydrogens is 150 g/mol. The van der Waals surface area contributed by atoms with Gasteiger partial charge in [0.25, 0.3) is 0 Å². The van der Waals surface area contributed by atoms with Crippen molar-refractivity contribution < 1.29 is 0 Å². The molecule has 0 aliphatic carbocycles. The van der Waals surface area contributed by atoms with Crippen LogP contribution in [0, 0.1) is 6.92 Å². The van der Waals surface area contributed by atoms with Crippen LogP contribution < -0.4 is 5.32 Å². The summed E-state index contributed by atoms with van der Waals surface area (Å²) in [5.41, 5.74) is 3.73. The van der Waals surface area contributed by atoms with E-state index in [-0.39, 0.29) is 0 Å². The van der Waals surface area contributed by atoms with Crippen LogP contribution in [0.15, 0.2) is 0 Å². The molecule has 1 aromatic heterocycles.